The Morgan fingerprint density at radius 1 is 1.08 bits per heavy atom. The van der Waals surface area contributed by atoms with Gasteiger partial charge in [0, 0.05) is 13.1 Å². The zero-order chi connectivity index (χ0) is 17.6. The summed E-state index contributed by atoms with van der Waals surface area (Å²) >= 11 is 5.97. The number of nitrogens with one attached hydrogen (secondary N) is 1. The van der Waals surface area contributed by atoms with Gasteiger partial charge in [-0.2, -0.15) is 0 Å². The molecule has 0 radical (unpaired) electrons. The van der Waals surface area contributed by atoms with E-state index < -0.39 is 10.0 Å². The Hall–Kier alpha value is -1.79. The minimum absolute atomic E-state index is 0.0381. The fourth-order valence-corrected chi connectivity index (χ4v) is 3.93. The molecule has 0 spiro atoms. The number of halogens is 1. The highest BCUT2D eigenvalue weighted by Crippen LogP contribution is 2.23. The van der Waals surface area contributed by atoms with Gasteiger partial charge in [-0.3, -0.25) is 4.72 Å². The van der Waals surface area contributed by atoms with E-state index in [9.17, 15) is 8.42 Å². The number of hydrogen-bond acceptors (Lipinski definition) is 4. The normalized spacial score (nSPS) is 11.3. The lowest BCUT2D eigenvalue weighted by molar-refractivity contribution is 0.601. The van der Waals surface area contributed by atoms with Gasteiger partial charge < -0.3 is 4.90 Å². The summed E-state index contributed by atoms with van der Waals surface area (Å²) in [5.41, 5.74) is 0.986. The molecule has 1 aromatic heterocycles. The fourth-order valence-electron chi connectivity index (χ4n) is 2.40. The number of benzene rings is 1. The smallest absolute Gasteiger partial charge is 0.264 e. The van der Waals surface area contributed by atoms with Gasteiger partial charge >= 0.3 is 0 Å². The average molecular weight is 368 g/mol. The van der Waals surface area contributed by atoms with Crippen molar-refractivity contribution >= 4 is 33.1 Å². The molecule has 0 saturated heterocycles. The molecule has 2 rings (SSSR count). The number of rotatable bonds is 8. The Morgan fingerprint density at radius 2 is 1.75 bits per heavy atom. The highest BCUT2D eigenvalue weighted by atomic mass is 35.5. The number of nitrogens with zero attached hydrogens (tertiary/aromatic N) is 2. The summed E-state index contributed by atoms with van der Waals surface area (Å²) in [5.74, 6) is 0.270. The summed E-state index contributed by atoms with van der Waals surface area (Å²) in [6.45, 7) is 6.14. The van der Waals surface area contributed by atoms with Crippen LogP contribution >= 0.6 is 11.6 Å². The van der Waals surface area contributed by atoms with E-state index in [-0.39, 0.29) is 15.7 Å². The number of sulfonamides is 1. The van der Waals surface area contributed by atoms with Gasteiger partial charge in [0.05, 0.1) is 16.9 Å². The molecule has 0 aliphatic carbocycles. The molecule has 0 aliphatic heterocycles. The summed E-state index contributed by atoms with van der Waals surface area (Å²) in [7, 11) is -3.76. The molecule has 0 fully saturated rings. The predicted octanol–water partition coefficient (Wildman–Crippen LogP) is 4.16. The summed E-state index contributed by atoms with van der Waals surface area (Å²) < 4.78 is 27.3. The van der Waals surface area contributed by atoms with Gasteiger partial charge in [0.2, 0.25) is 0 Å². The third-order valence-electron chi connectivity index (χ3n) is 3.47. The van der Waals surface area contributed by atoms with Crippen LogP contribution in [0.5, 0.6) is 0 Å². The second-order valence-electron chi connectivity index (χ2n) is 5.42. The van der Waals surface area contributed by atoms with Gasteiger partial charge in [0.1, 0.15) is 10.7 Å². The SMILES string of the molecule is CCCN(CCC)c1ccc(NS(=O)(=O)c2ccccc2Cl)nc1. The van der Waals surface area contributed by atoms with E-state index in [2.05, 4.69) is 28.5 Å². The number of hydrogen-bond donors (Lipinski definition) is 1. The van der Waals surface area contributed by atoms with Crippen molar-refractivity contribution in [2.75, 3.05) is 22.7 Å². The maximum atomic E-state index is 12.4. The van der Waals surface area contributed by atoms with Crippen LogP contribution < -0.4 is 9.62 Å². The van der Waals surface area contributed by atoms with Gasteiger partial charge in [0.25, 0.3) is 10.0 Å². The number of anilines is 2. The minimum Gasteiger partial charge on any atom is -0.370 e. The first kappa shape index (κ1) is 18.5. The Bertz CT molecular complexity index is 758. The molecule has 130 valence electrons. The van der Waals surface area contributed by atoms with E-state index in [0.29, 0.717) is 0 Å². The van der Waals surface area contributed by atoms with E-state index in [4.69, 9.17) is 11.6 Å². The zero-order valence-electron chi connectivity index (χ0n) is 13.9. The molecule has 0 amide bonds. The van der Waals surface area contributed by atoms with Gasteiger partial charge in [-0.15, -0.1) is 0 Å². The van der Waals surface area contributed by atoms with Crippen LogP contribution in [-0.2, 0) is 10.0 Å². The molecule has 0 aliphatic rings. The highest BCUT2D eigenvalue weighted by molar-refractivity contribution is 7.92. The largest absolute Gasteiger partial charge is 0.370 e. The molecule has 1 heterocycles. The molecule has 5 nitrogen and oxygen atoms in total. The van der Waals surface area contributed by atoms with Gasteiger partial charge in [-0.25, -0.2) is 13.4 Å². The van der Waals surface area contributed by atoms with E-state index in [0.717, 1.165) is 31.6 Å². The number of pyridine rings is 1. The first-order valence-corrected chi connectivity index (χ1v) is 9.82. The Labute approximate surface area is 148 Å². The van der Waals surface area contributed by atoms with Crippen LogP contribution in [-0.4, -0.2) is 26.5 Å². The van der Waals surface area contributed by atoms with Crippen LogP contribution in [0.15, 0.2) is 47.5 Å². The molecule has 0 unspecified atom stereocenters. The van der Waals surface area contributed by atoms with Crippen molar-refractivity contribution in [1.29, 1.82) is 0 Å². The molecule has 1 aromatic carbocycles. The van der Waals surface area contributed by atoms with Gasteiger partial charge in [-0.1, -0.05) is 37.6 Å². The van der Waals surface area contributed by atoms with Gasteiger partial charge in [-0.05, 0) is 37.1 Å². The lowest BCUT2D eigenvalue weighted by Crippen LogP contribution is -2.25. The van der Waals surface area contributed by atoms with Crippen molar-refractivity contribution in [3.63, 3.8) is 0 Å². The van der Waals surface area contributed by atoms with Gasteiger partial charge in [0.15, 0.2) is 0 Å². The van der Waals surface area contributed by atoms with Crippen LogP contribution in [0, 0.1) is 0 Å². The van der Waals surface area contributed by atoms with Crippen molar-refractivity contribution in [3.8, 4) is 0 Å². The minimum atomic E-state index is -3.76. The fraction of sp³-hybridized carbons (Fsp3) is 0.353. The maximum absolute atomic E-state index is 12.4. The first-order chi connectivity index (χ1) is 11.5. The van der Waals surface area contributed by atoms with E-state index in [1.807, 2.05) is 6.07 Å². The molecule has 7 heteroatoms. The first-order valence-electron chi connectivity index (χ1n) is 7.96. The zero-order valence-corrected chi connectivity index (χ0v) is 15.4. The van der Waals surface area contributed by atoms with Crippen LogP contribution in [0.2, 0.25) is 5.02 Å². The Kier molecular flexibility index (Phi) is 6.45. The third kappa shape index (κ3) is 4.61. The standard InChI is InChI=1S/C17H22ClN3O2S/c1-3-11-21(12-4-2)14-9-10-17(19-13-14)20-24(22,23)16-8-6-5-7-15(16)18/h5-10,13H,3-4,11-12H2,1-2H3,(H,19,20). The third-order valence-corrected chi connectivity index (χ3v) is 5.32. The number of aromatic nitrogens is 1. The second kappa shape index (κ2) is 8.35. The molecule has 2 aromatic rings. The highest BCUT2D eigenvalue weighted by Gasteiger charge is 2.18. The molecule has 24 heavy (non-hydrogen) atoms. The van der Waals surface area contributed by atoms with Crippen molar-refractivity contribution in [3.05, 3.63) is 47.6 Å². The van der Waals surface area contributed by atoms with Crippen molar-refractivity contribution in [1.82, 2.24) is 4.98 Å². The molecule has 0 bridgehead atoms. The maximum Gasteiger partial charge on any atom is 0.264 e. The van der Waals surface area contributed by atoms with Crippen LogP contribution in [0.25, 0.3) is 0 Å². The monoisotopic (exact) mass is 367 g/mol. The Morgan fingerprint density at radius 3 is 2.29 bits per heavy atom. The van der Waals surface area contributed by atoms with E-state index in [1.165, 1.54) is 6.07 Å². The topological polar surface area (TPSA) is 62.3 Å². The summed E-state index contributed by atoms with van der Waals surface area (Å²) in [5, 5.41) is 0.179. The van der Waals surface area contributed by atoms with Crippen LogP contribution in [0.3, 0.4) is 0 Å². The molecule has 1 N–H and O–H groups in total. The summed E-state index contributed by atoms with van der Waals surface area (Å²) in [6.07, 6.45) is 3.78. The van der Waals surface area contributed by atoms with E-state index >= 15 is 0 Å². The Balaban J connectivity index is 2.18. The molecule has 0 atom stereocenters. The second-order valence-corrected chi connectivity index (χ2v) is 7.48. The van der Waals surface area contributed by atoms with Crippen molar-refractivity contribution in [2.45, 2.75) is 31.6 Å². The van der Waals surface area contributed by atoms with Crippen LogP contribution in [0.4, 0.5) is 11.5 Å². The average Bonchev–Trinajstić information content (AvgIpc) is 2.55. The quantitative estimate of drug-likeness (QED) is 0.760. The van der Waals surface area contributed by atoms with E-state index in [1.54, 1.807) is 30.5 Å². The molecular formula is C17H22ClN3O2S. The lowest BCUT2D eigenvalue weighted by Gasteiger charge is -2.23. The molecule has 0 saturated carbocycles. The predicted molar refractivity (Wildman–Crippen MR) is 99.3 cm³/mol. The van der Waals surface area contributed by atoms with Crippen molar-refractivity contribution < 1.29 is 8.42 Å². The molecular weight excluding hydrogens is 346 g/mol. The summed E-state index contributed by atoms with van der Waals surface area (Å²) in [6, 6.07) is 9.86. The summed E-state index contributed by atoms with van der Waals surface area (Å²) in [4.78, 5) is 6.50. The van der Waals surface area contributed by atoms with Crippen LogP contribution in [0.1, 0.15) is 26.7 Å². The van der Waals surface area contributed by atoms with Crippen molar-refractivity contribution in [2.24, 2.45) is 0 Å². The lowest BCUT2D eigenvalue weighted by atomic mass is 10.3.